The van der Waals surface area contributed by atoms with Crippen LogP contribution in [0.2, 0.25) is 0 Å². The largest absolute Gasteiger partial charge is 0.338 e. The van der Waals surface area contributed by atoms with Gasteiger partial charge in [0.05, 0.1) is 11.8 Å². The van der Waals surface area contributed by atoms with Gasteiger partial charge in [-0.15, -0.1) is 10.2 Å². The molecule has 1 aromatic heterocycles. The number of hydrogen-bond donors (Lipinski definition) is 1. The predicted molar refractivity (Wildman–Crippen MR) is 113 cm³/mol. The number of hydrogen-bond acceptors (Lipinski definition) is 6. The summed E-state index contributed by atoms with van der Waals surface area (Å²) in [5, 5.41) is 12.2. The highest BCUT2D eigenvalue weighted by Crippen LogP contribution is 2.29. The number of rotatable bonds is 7. The topological polar surface area (TPSA) is 58.1 Å². The van der Waals surface area contributed by atoms with Crippen molar-refractivity contribution in [2.45, 2.75) is 24.2 Å². The molecule has 146 valence electrons. The van der Waals surface area contributed by atoms with E-state index in [-0.39, 0.29) is 23.5 Å². The SMILES string of the molecule is Cc1cccc(Nc2nnc(SCC(=O)N(C)[C@H](C)c3ccc(F)cc3)s2)c1. The van der Waals surface area contributed by atoms with Crippen molar-refractivity contribution in [1.29, 1.82) is 0 Å². The Morgan fingerprint density at radius 2 is 2.00 bits per heavy atom. The zero-order valence-corrected chi connectivity index (χ0v) is 17.5. The van der Waals surface area contributed by atoms with Gasteiger partial charge in [0.25, 0.3) is 0 Å². The maximum atomic E-state index is 13.1. The van der Waals surface area contributed by atoms with Gasteiger partial charge in [0, 0.05) is 12.7 Å². The summed E-state index contributed by atoms with van der Waals surface area (Å²) in [7, 11) is 1.75. The highest BCUT2D eigenvalue weighted by molar-refractivity contribution is 8.01. The molecule has 0 aliphatic heterocycles. The Morgan fingerprint density at radius 3 is 2.71 bits per heavy atom. The third-order valence-electron chi connectivity index (χ3n) is 4.32. The second-order valence-electron chi connectivity index (χ2n) is 6.39. The average molecular weight is 417 g/mol. The van der Waals surface area contributed by atoms with Crippen LogP contribution in [0, 0.1) is 12.7 Å². The Morgan fingerprint density at radius 1 is 1.25 bits per heavy atom. The average Bonchev–Trinajstić information content (AvgIpc) is 3.13. The van der Waals surface area contributed by atoms with Crippen LogP contribution in [0.3, 0.4) is 0 Å². The van der Waals surface area contributed by atoms with Crippen LogP contribution in [0.1, 0.15) is 24.1 Å². The van der Waals surface area contributed by atoms with Crippen LogP contribution in [0.15, 0.2) is 52.9 Å². The molecule has 5 nitrogen and oxygen atoms in total. The summed E-state index contributed by atoms with van der Waals surface area (Å²) in [6.07, 6.45) is 0. The molecule has 0 saturated carbocycles. The van der Waals surface area contributed by atoms with Gasteiger partial charge in [-0.2, -0.15) is 0 Å². The molecule has 0 fully saturated rings. The molecule has 0 unspecified atom stereocenters. The Kier molecular flexibility index (Phi) is 6.64. The molecule has 0 radical (unpaired) electrons. The lowest BCUT2D eigenvalue weighted by molar-refractivity contribution is -0.128. The maximum Gasteiger partial charge on any atom is 0.233 e. The molecule has 1 amide bonds. The van der Waals surface area contributed by atoms with E-state index in [9.17, 15) is 9.18 Å². The molecule has 3 aromatic rings. The number of nitrogens with zero attached hydrogens (tertiary/aromatic N) is 3. The maximum absolute atomic E-state index is 13.1. The number of anilines is 2. The molecular weight excluding hydrogens is 395 g/mol. The van der Waals surface area contributed by atoms with Gasteiger partial charge < -0.3 is 10.2 Å². The number of aromatic nitrogens is 2. The van der Waals surface area contributed by atoms with E-state index >= 15 is 0 Å². The second-order valence-corrected chi connectivity index (χ2v) is 8.59. The molecular formula is C20H21FN4OS2. The van der Waals surface area contributed by atoms with E-state index in [2.05, 4.69) is 15.5 Å². The van der Waals surface area contributed by atoms with Crippen molar-refractivity contribution in [2.24, 2.45) is 0 Å². The minimum atomic E-state index is -0.285. The zero-order chi connectivity index (χ0) is 20.1. The molecule has 3 rings (SSSR count). The molecule has 1 N–H and O–H groups in total. The monoisotopic (exact) mass is 416 g/mol. The number of halogens is 1. The summed E-state index contributed by atoms with van der Waals surface area (Å²) < 4.78 is 13.8. The second kappa shape index (κ2) is 9.16. The molecule has 28 heavy (non-hydrogen) atoms. The predicted octanol–water partition coefficient (Wildman–Crippen LogP) is 5.04. The number of aryl methyl sites for hydroxylation is 1. The summed E-state index contributed by atoms with van der Waals surface area (Å²) in [6, 6.07) is 14.1. The summed E-state index contributed by atoms with van der Waals surface area (Å²) >= 11 is 2.77. The quantitative estimate of drug-likeness (QED) is 0.547. The Labute approximate surface area is 172 Å². The molecule has 1 heterocycles. The number of carbonyl (C=O) groups excluding carboxylic acids is 1. The van der Waals surface area contributed by atoms with Gasteiger partial charge in [-0.05, 0) is 49.2 Å². The third-order valence-corrected chi connectivity index (χ3v) is 6.28. The van der Waals surface area contributed by atoms with Crippen LogP contribution in [0.25, 0.3) is 0 Å². The number of carbonyl (C=O) groups is 1. The van der Waals surface area contributed by atoms with E-state index in [1.165, 1.54) is 35.2 Å². The van der Waals surface area contributed by atoms with E-state index in [1.54, 1.807) is 24.1 Å². The summed E-state index contributed by atoms with van der Waals surface area (Å²) in [5.41, 5.74) is 3.01. The highest BCUT2D eigenvalue weighted by atomic mass is 32.2. The number of amides is 1. The number of benzene rings is 2. The van der Waals surface area contributed by atoms with Crippen molar-refractivity contribution in [1.82, 2.24) is 15.1 Å². The first-order valence-electron chi connectivity index (χ1n) is 8.73. The van der Waals surface area contributed by atoms with Crippen LogP contribution in [0.4, 0.5) is 15.2 Å². The minimum Gasteiger partial charge on any atom is -0.338 e. The van der Waals surface area contributed by atoms with Crippen LogP contribution >= 0.6 is 23.1 Å². The Hall–Kier alpha value is -2.45. The fourth-order valence-corrected chi connectivity index (χ4v) is 4.27. The molecule has 0 bridgehead atoms. The summed E-state index contributed by atoms with van der Waals surface area (Å²) in [4.78, 5) is 14.2. The fourth-order valence-electron chi connectivity index (χ4n) is 2.57. The van der Waals surface area contributed by atoms with E-state index in [4.69, 9.17) is 0 Å². The lowest BCUT2D eigenvalue weighted by atomic mass is 10.1. The molecule has 1 atom stereocenters. The lowest BCUT2D eigenvalue weighted by Crippen LogP contribution is -2.31. The molecule has 0 aliphatic carbocycles. The van der Waals surface area contributed by atoms with Crippen molar-refractivity contribution in [3.63, 3.8) is 0 Å². The zero-order valence-electron chi connectivity index (χ0n) is 15.8. The lowest BCUT2D eigenvalue weighted by Gasteiger charge is -2.25. The molecule has 0 spiro atoms. The first kappa shape index (κ1) is 20.3. The van der Waals surface area contributed by atoms with E-state index in [1.807, 2.05) is 38.1 Å². The molecule has 2 aromatic carbocycles. The standard InChI is InChI=1S/C20H21FN4OS2/c1-13-5-4-6-17(11-13)22-19-23-24-20(28-19)27-12-18(26)25(3)14(2)15-7-9-16(21)10-8-15/h4-11,14H,12H2,1-3H3,(H,22,23)/t14-/m1/s1. The first-order valence-corrected chi connectivity index (χ1v) is 10.5. The summed E-state index contributed by atoms with van der Waals surface area (Å²) in [6.45, 7) is 3.95. The van der Waals surface area contributed by atoms with Crippen LogP contribution in [-0.4, -0.2) is 33.8 Å². The normalized spacial score (nSPS) is 11.9. The van der Waals surface area contributed by atoms with E-state index < -0.39 is 0 Å². The minimum absolute atomic E-state index is 0.0229. The highest BCUT2D eigenvalue weighted by Gasteiger charge is 2.18. The van der Waals surface area contributed by atoms with Crippen molar-refractivity contribution >= 4 is 39.8 Å². The molecule has 8 heteroatoms. The summed E-state index contributed by atoms with van der Waals surface area (Å²) in [5.74, 6) is -0.0433. The van der Waals surface area contributed by atoms with Crippen molar-refractivity contribution in [2.75, 3.05) is 18.1 Å². The van der Waals surface area contributed by atoms with E-state index in [0.717, 1.165) is 21.2 Å². The molecule has 0 aliphatic rings. The van der Waals surface area contributed by atoms with Crippen molar-refractivity contribution in [3.05, 3.63) is 65.5 Å². The van der Waals surface area contributed by atoms with Gasteiger partial charge in [0.1, 0.15) is 5.82 Å². The van der Waals surface area contributed by atoms with Gasteiger partial charge in [-0.3, -0.25) is 4.79 Å². The van der Waals surface area contributed by atoms with Gasteiger partial charge in [-0.25, -0.2) is 4.39 Å². The molecule has 0 saturated heterocycles. The van der Waals surface area contributed by atoms with Crippen molar-refractivity contribution < 1.29 is 9.18 Å². The third kappa shape index (κ3) is 5.30. The van der Waals surface area contributed by atoms with Crippen molar-refractivity contribution in [3.8, 4) is 0 Å². The fraction of sp³-hybridized carbons (Fsp3) is 0.250. The van der Waals surface area contributed by atoms with Gasteiger partial charge in [0.2, 0.25) is 11.0 Å². The van der Waals surface area contributed by atoms with E-state index in [0.29, 0.717) is 5.13 Å². The van der Waals surface area contributed by atoms with Crippen LogP contribution in [-0.2, 0) is 4.79 Å². The van der Waals surface area contributed by atoms with Crippen LogP contribution in [0.5, 0.6) is 0 Å². The Bertz CT molecular complexity index is 945. The van der Waals surface area contributed by atoms with Gasteiger partial charge >= 0.3 is 0 Å². The van der Waals surface area contributed by atoms with Crippen LogP contribution < -0.4 is 5.32 Å². The first-order chi connectivity index (χ1) is 13.4. The number of nitrogens with one attached hydrogen (secondary N) is 1. The van der Waals surface area contributed by atoms with Gasteiger partial charge in [-0.1, -0.05) is 47.4 Å². The number of thioether (sulfide) groups is 1. The smallest absolute Gasteiger partial charge is 0.233 e. The van der Waals surface area contributed by atoms with Gasteiger partial charge in [0.15, 0.2) is 4.34 Å². The Balaban J connectivity index is 1.54.